The Labute approximate surface area is 172 Å². The van der Waals surface area contributed by atoms with Crippen LogP contribution in [0.2, 0.25) is 0 Å². The van der Waals surface area contributed by atoms with Crippen molar-refractivity contribution >= 4 is 0 Å². The van der Waals surface area contributed by atoms with E-state index in [1.165, 1.54) is 25.7 Å². The monoisotopic (exact) mass is 413 g/mol. The molecule has 0 aromatic carbocycles. The largest absolute Gasteiger partial charge is 4.00 e. The van der Waals surface area contributed by atoms with Crippen LogP contribution < -0.4 is 0 Å². The van der Waals surface area contributed by atoms with Crippen molar-refractivity contribution in [2.24, 2.45) is 11.8 Å². The number of hydrogen-bond donors (Lipinski definition) is 0. The third-order valence-corrected chi connectivity index (χ3v) is 4.28. The Morgan fingerprint density at radius 2 is 1.08 bits per heavy atom. The second-order valence-electron chi connectivity index (χ2n) is 8.84. The molecule has 1 aliphatic rings. The Morgan fingerprint density at radius 3 is 1.33 bits per heavy atom. The summed E-state index contributed by atoms with van der Waals surface area (Å²) < 4.78 is 0. The third kappa shape index (κ3) is 14.0. The summed E-state index contributed by atoms with van der Waals surface area (Å²) in [7, 11) is 3.50. The van der Waals surface area contributed by atoms with Crippen LogP contribution in [-0.2, 0) is 26.2 Å². The Morgan fingerprint density at radius 1 is 0.792 bits per heavy atom. The summed E-state index contributed by atoms with van der Waals surface area (Å²) in [6, 6.07) is 0. The molecule has 0 aliphatic heterocycles. The van der Waals surface area contributed by atoms with Gasteiger partial charge >= 0.3 is 26.2 Å². The summed E-state index contributed by atoms with van der Waals surface area (Å²) in [5.41, 5.74) is 0.245. The molecule has 0 bridgehead atoms. The van der Waals surface area contributed by atoms with Gasteiger partial charge in [0.05, 0.1) is 0 Å². The van der Waals surface area contributed by atoms with Gasteiger partial charge in [-0.25, -0.2) is 0 Å². The van der Waals surface area contributed by atoms with Crippen molar-refractivity contribution in [2.45, 2.75) is 85.2 Å². The molecule has 0 aromatic heterocycles. The van der Waals surface area contributed by atoms with Gasteiger partial charge in [-0.05, 0) is 0 Å². The van der Waals surface area contributed by atoms with Gasteiger partial charge in [0.2, 0.25) is 0 Å². The molecule has 0 aromatic rings. The van der Waals surface area contributed by atoms with Crippen molar-refractivity contribution in [2.75, 3.05) is 27.2 Å². The van der Waals surface area contributed by atoms with Crippen molar-refractivity contribution in [3.05, 3.63) is 21.9 Å². The second-order valence-corrected chi connectivity index (χ2v) is 8.84. The quantitative estimate of drug-likeness (QED) is 0.454. The van der Waals surface area contributed by atoms with Gasteiger partial charge in [0, 0.05) is 0 Å². The molecular weight excluding hydrogens is 373 g/mol. The van der Waals surface area contributed by atoms with Crippen molar-refractivity contribution in [3.63, 3.8) is 0 Å². The van der Waals surface area contributed by atoms with Gasteiger partial charge in [-0.1, -0.05) is 67.2 Å². The minimum atomic E-state index is 0. The molecule has 1 fully saturated rings. The maximum Gasteiger partial charge on any atom is 4.00 e. The van der Waals surface area contributed by atoms with Gasteiger partial charge in [0.15, 0.2) is 0 Å². The molecule has 0 N–H and O–H groups in total. The molecule has 4 heteroatoms. The fourth-order valence-corrected chi connectivity index (χ4v) is 3.05. The Bertz CT molecular complexity index is 266. The molecule has 140 valence electrons. The average Bonchev–Trinajstić information content (AvgIpc) is 2.69. The van der Waals surface area contributed by atoms with Gasteiger partial charge in [0.1, 0.15) is 0 Å². The van der Waals surface area contributed by atoms with Crippen LogP contribution in [0, 0.1) is 17.8 Å². The van der Waals surface area contributed by atoms with Crippen LogP contribution in [0.5, 0.6) is 0 Å². The molecular formula is C20H41N3Zr. The Balaban J connectivity index is 0. The maximum absolute atomic E-state index is 4.74. The summed E-state index contributed by atoms with van der Waals surface area (Å²) >= 11 is 0. The fourth-order valence-electron chi connectivity index (χ4n) is 3.05. The summed E-state index contributed by atoms with van der Waals surface area (Å²) in [5.74, 6) is 3.33. The smallest absolute Gasteiger partial charge is 0.668 e. The van der Waals surface area contributed by atoms with E-state index in [-0.39, 0.29) is 37.3 Å². The van der Waals surface area contributed by atoms with E-state index in [1.807, 2.05) is 0 Å². The molecule has 2 atom stereocenters. The van der Waals surface area contributed by atoms with Crippen molar-refractivity contribution < 1.29 is 26.2 Å². The van der Waals surface area contributed by atoms with E-state index in [9.17, 15) is 0 Å². The predicted octanol–water partition coefficient (Wildman–Crippen LogP) is 6.35. The minimum absolute atomic E-state index is 0. The van der Waals surface area contributed by atoms with Crippen molar-refractivity contribution in [1.82, 2.24) is 0 Å². The summed E-state index contributed by atoms with van der Waals surface area (Å²) in [6.07, 6.45) is 5.23. The van der Waals surface area contributed by atoms with Crippen LogP contribution >= 0.6 is 0 Å². The maximum atomic E-state index is 4.74. The van der Waals surface area contributed by atoms with Crippen LogP contribution in [-0.4, -0.2) is 38.3 Å². The summed E-state index contributed by atoms with van der Waals surface area (Å²) in [6.45, 7) is 17.5. The zero-order chi connectivity index (χ0) is 18.1. The van der Waals surface area contributed by atoms with E-state index in [4.69, 9.17) is 10.6 Å². The SMILES string of the molecule is C[C-]1C(CC[N-]C(C)(C)C)CCC1CC[N-]C(C)(C)C.C[N-]C.[Zr+4]. The van der Waals surface area contributed by atoms with Crippen LogP contribution in [0.1, 0.15) is 74.1 Å². The van der Waals surface area contributed by atoms with E-state index in [0.717, 1.165) is 24.9 Å². The van der Waals surface area contributed by atoms with Gasteiger partial charge in [0.25, 0.3) is 0 Å². The summed E-state index contributed by atoms with van der Waals surface area (Å²) in [5, 5.41) is 13.0. The first-order valence-electron chi connectivity index (χ1n) is 9.18. The molecule has 1 saturated carbocycles. The molecule has 0 spiro atoms. The first kappa shape index (κ1) is 27.0. The topological polar surface area (TPSA) is 42.3 Å². The van der Waals surface area contributed by atoms with E-state index >= 15 is 0 Å². The molecule has 2 unspecified atom stereocenters. The average molecular weight is 415 g/mol. The molecule has 3 nitrogen and oxygen atoms in total. The molecule has 0 saturated heterocycles. The van der Waals surface area contributed by atoms with Gasteiger partial charge in [-0.2, -0.15) is 45.9 Å². The van der Waals surface area contributed by atoms with Crippen LogP contribution in [0.4, 0.5) is 0 Å². The second kappa shape index (κ2) is 13.0. The van der Waals surface area contributed by atoms with E-state index in [2.05, 4.69) is 53.8 Å². The first-order valence-corrected chi connectivity index (χ1v) is 9.18. The van der Waals surface area contributed by atoms with Crippen molar-refractivity contribution in [3.8, 4) is 0 Å². The third-order valence-electron chi connectivity index (χ3n) is 4.28. The van der Waals surface area contributed by atoms with E-state index in [0.29, 0.717) is 0 Å². The molecule has 1 aliphatic carbocycles. The number of rotatable bonds is 6. The zero-order valence-corrected chi connectivity index (χ0v) is 20.2. The summed E-state index contributed by atoms with van der Waals surface area (Å²) in [4.78, 5) is 0. The van der Waals surface area contributed by atoms with E-state index < -0.39 is 0 Å². The van der Waals surface area contributed by atoms with Crippen LogP contribution in [0.25, 0.3) is 16.0 Å². The molecule has 1 rings (SSSR count). The van der Waals surface area contributed by atoms with Gasteiger partial charge in [-0.15, -0.1) is 11.1 Å². The molecule has 0 radical (unpaired) electrons. The first-order chi connectivity index (χ1) is 10.5. The zero-order valence-electron chi connectivity index (χ0n) is 17.7. The Kier molecular flexibility index (Phi) is 14.6. The number of hydrogen-bond acceptors (Lipinski definition) is 0. The fraction of sp³-hybridized carbons (Fsp3) is 0.950. The van der Waals surface area contributed by atoms with Crippen molar-refractivity contribution in [1.29, 1.82) is 0 Å². The molecule has 24 heavy (non-hydrogen) atoms. The predicted molar refractivity (Wildman–Crippen MR) is 106 cm³/mol. The standard InChI is InChI=1S/C18H35N2.C2H6N.Zr/c1-14-15(10-12-19-17(2,3)4)8-9-16(14)11-13-20-18(5,6)7;1-3-2;/h15-16H,8-13H2,1-7H3;1-2H3;/q-3;-1;+4. The Hall–Kier alpha value is 0.763. The normalized spacial score (nSPS) is 21.9. The van der Waals surface area contributed by atoms with Crippen LogP contribution in [0.3, 0.4) is 0 Å². The molecule has 0 heterocycles. The van der Waals surface area contributed by atoms with Gasteiger partial charge in [-0.3, -0.25) is 0 Å². The molecule has 0 amide bonds. The van der Waals surface area contributed by atoms with E-state index in [1.54, 1.807) is 20.0 Å². The van der Waals surface area contributed by atoms with Crippen LogP contribution in [0.15, 0.2) is 0 Å². The van der Waals surface area contributed by atoms with Gasteiger partial charge < -0.3 is 21.9 Å². The minimum Gasteiger partial charge on any atom is -0.668 e. The number of nitrogens with zero attached hydrogens (tertiary/aromatic N) is 3.